The molecule has 2 aliphatic heterocycles. The van der Waals surface area contributed by atoms with Crippen molar-refractivity contribution in [3.8, 4) is 0 Å². The zero-order valence-corrected chi connectivity index (χ0v) is 16.7. The molecule has 0 saturated carbocycles. The van der Waals surface area contributed by atoms with E-state index in [0.29, 0.717) is 6.42 Å². The maximum absolute atomic E-state index is 12.6. The lowest BCUT2D eigenvalue weighted by molar-refractivity contribution is -0.119. The number of para-hydroxylation sites is 1. The Labute approximate surface area is 167 Å². The van der Waals surface area contributed by atoms with Crippen LogP contribution in [0.5, 0.6) is 0 Å². The number of benzene rings is 2. The van der Waals surface area contributed by atoms with Gasteiger partial charge in [0.1, 0.15) is 4.99 Å². The lowest BCUT2D eigenvalue weighted by Gasteiger charge is -2.41. The van der Waals surface area contributed by atoms with Gasteiger partial charge in [0.2, 0.25) is 5.91 Å². The van der Waals surface area contributed by atoms with Crippen molar-refractivity contribution in [2.24, 2.45) is 0 Å². The molecule has 0 N–H and O–H groups in total. The molecule has 4 heteroatoms. The topological polar surface area (TPSA) is 23.6 Å². The van der Waals surface area contributed by atoms with E-state index in [4.69, 9.17) is 12.2 Å². The Kier molecular flexibility index (Phi) is 5.26. The summed E-state index contributed by atoms with van der Waals surface area (Å²) in [4.78, 5) is 17.9. The molecule has 27 heavy (non-hydrogen) atoms. The van der Waals surface area contributed by atoms with E-state index in [0.717, 1.165) is 55.0 Å². The molecule has 1 saturated heterocycles. The summed E-state index contributed by atoms with van der Waals surface area (Å²) in [6, 6.07) is 17.2. The fourth-order valence-corrected chi connectivity index (χ4v) is 4.57. The van der Waals surface area contributed by atoms with Crippen LogP contribution in [0.2, 0.25) is 0 Å². The fraction of sp³-hybridized carbons (Fsp3) is 0.391. The lowest BCUT2D eigenvalue weighted by Crippen LogP contribution is -2.50. The Morgan fingerprint density at radius 1 is 1.04 bits per heavy atom. The molecule has 2 aromatic carbocycles. The molecule has 4 rings (SSSR count). The first-order valence-corrected chi connectivity index (χ1v) is 10.4. The fourth-order valence-electron chi connectivity index (χ4n) is 4.25. The third-order valence-electron chi connectivity index (χ3n) is 5.85. The molecule has 2 aliphatic rings. The summed E-state index contributed by atoms with van der Waals surface area (Å²) in [5.41, 5.74) is 4.87. The Morgan fingerprint density at radius 3 is 2.44 bits per heavy atom. The van der Waals surface area contributed by atoms with Crippen molar-refractivity contribution in [3.63, 3.8) is 0 Å². The number of anilines is 1. The Bertz CT molecular complexity index is 838. The predicted octanol–water partition coefficient (Wildman–Crippen LogP) is 4.37. The molecule has 0 radical (unpaired) electrons. The van der Waals surface area contributed by atoms with Crippen LogP contribution in [0.15, 0.2) is 48.5 Å². The first-order chi connectivity index (χ1) is 13.2. The minimum absolute atomic E-state index is 0.268. The van der Waals surface area contributed by atoms with E-state index in [1.54, 1.807) is 0 Å². The second-order valence-electron chi connectivity index (χ2n) is 7.47. The van der Waals surface area contributed by atoms with Crippen LogP contribution in [-0.2, 0) is 17.6 Å². The highest BCUT2D eigenvalue weighted by atomic mass is 32.1. The molecule has 2 aromatic rings. The summed E-state index contributed by atoms with van der Waals surface area (Å²) in [7, 11) is 0. The number of thiocarbonyl (C=S) groups is 1. The number of hydrogen-bond acceptors (Lipinski definition) is 2. The number of nitrogens with zero attached hydrogens (tertiary/aromatic N) is 2. The van der Waals surface area contributed by atoms with E-state index in [2.05, 4.69) is 59.2 Å². The molecule has 0 aromatic heterocycles. The number of rotatable bonds is 3. The molecule has 0 unspecified atom stereocenters. The van der Waals surface area contributed by atoms with Gasteiger partial charge < -0.3 is 9.80 Å². The number of carbonyl (C=O) groups is 1. The van der Waals surface area contributed by atoms with Crippen molar-refractivity contribution in [1.82, 2.24) is 4.90 Å². The Hall–Kier alpha value is -2.20. The van der Waals surface area contributed by atoms with Gasteiger partial charge in [0, 0.05) is 36.8 Å². The van der Waals surface area contributed by atoms with Crippen molar-refractivity contribution in [1.29, 1.82) is 0 Å². The minimum Gasteiger partial charge on any atom is -0.362 e. The molecule has 140 valence electrons. The number of fused-ring (bicyclic) bond motifs is 1. The summed E-state index contributed by atoms with van der Waals surface area (Å²) in [5.74, 6) is 0.268. The van der Waals surface area contributed by atoms with Gasteiger partial charge in [-0.2, -0.15) is 0 Å². The van der Waals surface area contributed by atoms with Gasteiger partial charge in [0.25, 0.3) is 0 Å². The average molecular weight is 379 g/mol. The zero-order valence-electron chi connectivity index (χ0n) is 15.9. The number of likely N-dealkylation sites (tertiary alicyclic amines) is 1. The molecule has 1 fully saturated rings. The number of aryl methyl sites for hydroxylation is 2. The Morgan fingerprint density at radius 2 is 1.74 bits per heavy atom. The van der Waals surface area contributed by atoms with Crippen LogP contribution in [0.3, 0.4) is 0 Å². The summed E-state index contributed by atoms with van der Waals surface area (Å²) in [6.07, 6.45) is 4.46. The van der Waals surface area contributed by atoms with E-state index >= 15 is 0 Å². The molecule has 3 nitrogen and oxygen atoms in total. The quantitative estimate of drug-likeness (QED) is 0.741. The van der Waals surface area contributed by atoms with Crippen LogP contribution < -0.4 is 4.90 Å². The highest BCUT2D eigenvalue weighted by Gasteiger charge is 2.33. The van der Waals surface area contributed by atoms with Crippen LogP contribution >= 0.6 is 12.2 Å². The van der Waals surface area contributed by atoms with E-state index in [9.17, 15) is 4.79 Å². The van der Waals surface area contributed by atoms with Gasteiger partial charge in [-0.3, -0.25) is 4.79 Å². The van der Waals surface area contributed by atoms with Gasteiger partial charge in [-0.1, -0.05) is 61.6 Å². The molecule has 1 amide bonds. The van der Waals surface area contributed by atoms with Gasteiger partial charge >= 0.3 is 0 Å². The van der Waals surface area contributed by atoms with Crippen LogP contribution in [0.1, 0.15) is 42.9 Å². The molecule has 0 spiro atoms. The third kappa shape index (κ3) is 3.63. The maximum atomic E-state index is 12.6. The average Bonchev–Trinajstić information content (AvgIpc) is 2.73. The zero-order chi connectivity index (χ0) is 18.8. The van der Waals surface area contributed by atoms with Crippen LogP contribution in [0.4, 0.5) is 5.69 Å². The summed E-state index contributed by atoms with van der Waals surface area (Å²) in [5, 5.41) is 0. The van der Waals surface area contributed by atoms with Crippen molar-refractivity contribution in [2.45, 2.75) is 45.1 Å². The van der Waals surface area contributed by atoms with E-state index in [1.807, 2.05) is 6.07 Å². The van der Waals surface area contributed by atoms with E-state index < -0.39 is 0 Å². The standard InChI is InChI=1S/C23H26N2OS/c1-2-17-7-9-19(10-8-17)23(27)24-15-13-20(14-16-24)25-21-6-4-3-5-18(21)11-12-22(25)26/h3-10,20H,2,11-16H2,1H3. The van der Waals surface area contributed by atoms with Crippen LogP contribution in [-0.4, -0.2) is 34.9 Å². The number of carbonyl (C=O) groups excluding carboxylic acids is 1. The SMILES string of the molecule is CCc1ccc(C(=S)N2CCC(N3C(=O)CCc4ccccc43)CC2)cc1. The van der Waals surface area contributed by atoms with Crippen molar-refractivity contribution < 1.29 is 4.79 Å². The van der Waals surface area contributed by atoms with Gasteiger partial charge in [0.15, 0.2) is 0 Å². The number of piperidine rings is 1. The van der Waals surface area contributed by atoms with Crippen LogP contribution in [0.25, 0.3) is 0 Å². The molecular weight excluding hydrogens is 352 g/mol. The van der Waals surface area contributed by atoms with Gasteiger partial charge in [-0.15, -0.1) is 0 Å². The number of amides is 1. The predicted molar refractivity (Wildman–Crippen MR) is 114 cm³/mol. The highest BCUT2D eigenvalue weighted by molar-refractivity contribution is 7.80. The van der Waals surface area contributed by atoms with Crippen molar-refractivity contribution in [3.05, 3.63) is 65.2 Å². The monoisotopic (exact) mass is 378 g/mol. The molecule has 0 atom stereocenters. The van der Waals surface area contributed by atoms with E-state index in [1.165, 1.54) is 11.1 Å². The first-order valence-electron chi connectivity index (χ1n) is 9.95. The molecule has 0 bridgehead atoms. The second kappa shape index (κ2) is 7.81. The first kappa shape index (κ1) is 18.2. The van der Waals surface area contributed by atoms with Crippen LogP contribution in [0, 0.1) is 0 Å². The second-order valence-corrected chi connectivity index (χ2v) is 7.85. The summed E-state index contributed by atoms with van der Waals surface area (Å²) < 4.78 is 0. The largest absolute Gasteiger partial charge is 0.362 e. The van der Waals surface area contributed by atoms with Gasteiger partial charge in [-0.25, -0.2) is 0 Å². The maximum Gasteiger partial charge on any atom is 0.227 e. The minimum atomic E-state index is 0.268. The third-order valence-corrected chi connectivity index (χ3v) is 6.35. The summed E-state index contributed by atoms with van der Waals surface area (Å²) >= 11 is 5.75. The molecule has 0 aliphatic carbocycles. The lowest BCUT2D eigenvalue weighted by atomic mass is 9.95. The Balaban J connectivity index is 1.44. The number of hydrogen-bond donors (Lipinski definition) is 0. The smallest absolute Gasteiger partial charge is 0.227 e. The molecule has 2 heterocycles. The van der Waals surface area contributed by atoms with E-state index in [-0.39, 0.29) is 11.9 Å². The van der Waals surface area contributed by atoms with Crippen molar-refractivity contribution >= 4 is 28.8 Å². The van der Waals surface area contributed by atoms with Gasteiger partial charge in [-0.05, 0) is 42.9 Å². The van der Waals surface area contributed by atoms with Gasteiger partial charge in [0.05, 0.1) is 0 Å². The van der Waals surface area contributed by atoms with Crippen molar-refractivity contribution in [2.75, 3.05) is 18.0 Å². The highest BCUT2D eigenvalue weighted by Crippen LogP contribution is 2.32. The summed E-state index contributed by atoms with van der Waals surface area (Å²) in [6.45, 7) is 3.98. The normalized spacial score (nSPS) is 17.7. The molecular formula is C23H26N2OS.